The number of amides is 1. The molecule has 0 saturated carbocycles. The highest BCUT2D eigenvalue weighted by Crippen LogP contribution is 2.08. The molecule has 1 aromatic carbocycles. The van der Waals surface area contributed by atoms with Gasteiger partial charge in [-0.2, -0.15) is 0 Å². The maximum Gasteiger partial charge on any atom is 0.254 e. The number of rotatable bonds is 5. The first-order chi connectivity index (χ1) is 9.65. The lowest BCUT2D eigenvalue weighted by Gasteiger charge is -2.13. The number of nitrogens with zero attached hydrogens (tertiary/aromatic N) is 1. The molecule has 2 rings (SSSR count). The fraction of sp³-hybridized carbons (Fsp3) is 0.250. The molecule has 0 fully saturated rings. The number of hydrogen-bond acceptors (Lipinski definition) is 3. The van der Waals surface area contributed by atoms with Gasteiger partial charge in [-0.1, -0.05) is 35.9 Å². The summed E-state index contributed by atoms with van der Waals surface area (Å²) in [5.41, 5.74) is 2.25. The normalized spacial score (nSPS) is 11.9. The van der Waals surface area contributed by atoms with Crippen molar-refractivity contribution < 1.29 is 9.53 Å². The van der Waals surface area contributed by atoms with Gasteiger partial charge in [0.05, 0.1) is 6.61 Å². The van der Waals surface area contributed by atoms with E-state index in [1.165, 1.54) is 5.56 Å². The smallest absolute Gasteiger partial charge is 0.254 e. The van der Waals surface area contributed by atoms with Crippen molar-refractivity contribution in [3.63, 3.8) is 0 Å². The van der Waals surface area contributed by atoms with E-state index in [1.807, 2.05) is 37.3 Å². The van der Waals surface area contributed by atoms with Gasteiger partial charge in [0.2, 0.25) is 0 Å². The predicted octanol–water partition coefficient (Wildman–Crippen LogP) is 2.93. The SMILES string of the molecule is Cc1ccc(COC(C)C(=O)Nc2ccccn2)cc1. The van der Waals surface area contributed by atoms with Crippen LogP contribution in [0.25, 0.3) is 0 Å². The van der Waals surface area contributed by atoms with E-state index in [0.29, 0.717) is 12.4 Å². The highest BCUT2D eigenvalue weighted by atomic mass is 16.5. The average molecular weight is 270 g/mol. The van der Waals surface area contributed by atoms with Crippen LogP contribution in [0.2, 0.25) is 0 Å². The highest BCUT2D eigenvalue weighted by Gasteiger charge is 2.13. The Balaban J connectivity index is 1.83. The molecule has 1 atom stereocenters. The van der Waals surface area contributed by atoms with Gasteiger partial charge in [0, 0.05) is 6.20 Å². The summed E-state index contributed by atoms with van der Waals surface area (Å²) in [6, 6.07) is 13.4. The Hall–Kier alpha value is -2.20. The van der Waals surface area contributed by atoms with Crippen LogP contribution in [-0.4, -0.2) is 17.0 Å². The third-order valence-corrected chi connectivity index (χ3v) is 2.91. The van der Waals surface area contributed by atoms with Crippen molar-refractivity contribution >= 4 is 11.7 Å². The van der Waals surface area contributed by atoms with Crippen molar-refractivity contribution in [2.45, 2.75) is 26.6 Å². The summed E-state index contributed by atoms with van der Waals surface area (Å²) < 4.78 is 5.56. The number of carbonyl (C=O) groups is 1. The topological polar surface area (TPSA) is 51.2 Å². The van der Waals surface area contributed by atoms with Crippen molar-refractivity contribution in [3.05, 3.63) is 59.8 Å². The first kappa shape index (κ1) is 14.2. The van der Waals surface area contributed by atoms with Crippen LogP contribution in [0.3, 0.4) is 0 Å². The van der Waals surface area contributed by atoms with Gasteiger partial charge in [-0.25, -0.2) is 4.98 Å². The van der Waals surface area contributed by atoms with Gasteiger partial charge in [-0.3, -0.25) is 4.79 Å². The largest absolute Gasteiger partial charge is 0.364 e. The average Bonchev–Trinajstić information content (AvgIpc) is 2.47. The minimum Gasteiger partial charge on any atom is -0.364 e. The number of benzene rings is 1. The monoisotopic (exact) mass is 270 g/mol. The van der Waals surface area contributed by atoms with Gasteiger partial charge >= 0.3 is 0 Å². The van der Waals surface area contributed by atoms with E-state index in [4.69, 9.17) is 4.74 Å². The van der Waals surface area contributed by atoms with Gasteiger partial charge in [-0.15, -0.1) is 0 Å². The zero-order chi connectivity index (χ0) is 14.4. The van der Waals surface area contributed by atoms with Gasteiger partial charge in [-0.05, 0) is 31.5 Å². The van der Waals surface area contributed by atoms with Crippen LogP contribution in [0.1, 0.15) is 18.1 Å². The van der Waals surface area contributed by atoms with E-state index in [9.17, 15) is 4.79 Å². The summed E-state index contributed by atoms with van der Waals surface area (Å²) in [6.45, 7) is 4.18. The number of pyridine rings is 1. The summed E-state index contributed by atoms with van der Waals surface area (Å²) in [5, 5.41) is 2.71. The van der Waals surface area contributed by atoms with Gasteiger partial charge < -0.3 is 10.1 Å². The first-order valence-electron chi connectivity index (χ1n) is 6.54. The standard InChI is InChI=1S/C16H18N2O2/c1-12-6-8-14(9-7-12)11-20-13(2)16(19)18-15-5-3-4-10-17-15/h3-10,13H,11H2,1-2H3,(H,17,18,19). The van der Waals surface area contributed by atoms with Crippen LogP contribution in [0, 0.1) is 6.92 Å². The molecule has 1 heterocycles. The van der Waals surface area contributed by atoms with Crippen molar-refractivity contribution in [2.24, 2.45) is 0 Å². The lowest BCUT2D eigenvalue weighted by Crippen LogP contribution is -2.27. The molecule has 0 aliphatic heterocycles. The Labute approximate surface area is 118 Å². The van der Waals surface area contributed by atoms with E-state index in [1.54, 1.807) is 25.3 Å². The van der Waals surface area contributed by atoms with E-state index in [0.717, 1.165) is 5.56 Å². The summed E-state index contributed by atoms with van der Waals surface area (Å²) in [6.07, 6.45) is 1.10. The van der Waals surface area contributed by atoms with E-state index >= 15 is 0 Å². The van der Waals surface area contributed by atoms with Crippen LogP contribution in [0.4, 0.5) is 5.82 Å². The minimum atomic E-state index is -0.529. The number of hydrogen-bond donors (Lipinski definition) is 1. The lowest BCUT2D eigenvalue weighted by molar-refractivity contribution is -0.127. The third kappa shape index (κ3) is 4.17. The number of ether oxygens (including phenoxy) is 1. The third-order valence-electron chi connectivity index (χ3n) is 2.91. The van der Waals surface area contributed by atoms with Crippen LogP contribution in [-0.2, 0) is 16.1 Å². The molecular weight excluding hydrogens is 252 g/mol. The second kappa shape index (κ2) is 6.82. The molecule has 4 heteroatoms. The molecule has 20 heavy (non-hydrogen) atoms. The molecule has 1 N–H and O–H groups in total. The maximum atomic E-state index is 11.9. The molecule has 0 spiro atoms. The molecule has 2 aromatic rings. The number of aromatic nitrogens is 1. The van der Waals surface area contributed by atoms with Crippen molar-refractivity contribution in [2.75, 3.05) is 5.32 Å². The maximum absolute atomic E-state index is 11.9. The Bertz CT molecular complexity index is 552. The van der Waals surface area contributed by atoms with E-state index in [-0.39, 0.29) is 5.91 Å². The summed E-state index contributed by atoms with van der Waals surface area (Å²) >= 11 is 0. The Morgan fingerprint density at radius 2 is 2.00 bits per heavy atom. The molecule has 0 aliphatic carbocycles. The highest BCUT2D eigenvalue weighted by molar-refractivity contribution is 5.92. The summed E-state index contributed by atoms with van der Waals surface area (Å²) in [4.78, 5) is 16.0. The van der Waals surface area contributed by atoms with Crippen LogP contribution in [0.5, 0.6) is 0 Å². The number of nitrogens with one attached hydrogen (secondary N) is 1. The molecule has 0 aliphatic rings. The van der Waals surface area contributed by atoms with E-state index in [2.05, 4.69) is 10.3 Å². The van der Waals surface area contributed by atoms with Crippen LogP contribution >= 0.6 is 0 Å². The minimum absolute atomic E-state index is 0.198. The first-order valence-corrected chi connectivity index (χ1v) is 6.54. The summed E-state index contributed by atoms with van der Waals surface area (Å²) in [5.74, 6) is 0.332. The Morgan fingerprint density at radius 3 is 2.65 bits per heavy atom. The van der Waals surface area contributed by atoms with Crippen molar-refractivity contribution in [3.8, 4) is 0 Å². The zero-order valence-corrected chi connectivity index (χ0v) is 11.7. The Morgan fingerprint density at radius 1 is 1.25 bits per heavy atom. The second-order valence-corrected chi connectivity index (χ2v) is 4.64. The number of anilines is 1. The molecular formula is C16H18N2O2. The molecule has 4 nitrogen and oxygen atoms in total. The number of carbonyl (C=O) groups excluding carboxylic acids is 1. The zero-order valence-electron chi connectivity index (χ0n) is 11.7. The second-order valence-electron chi connectivity index (χ2n) is 4.64. The molecule has 0 saturated heterocycles. The predicted molar refractivity (Wildman–Crippen MR) is 78.3 cm³/mol. The molecule has 0 radical (unpaired) electrons. The Kier molecular flexibility index (Phi) is 4.85. The lowest BCUT2D eigenvalue weighted by atomic mass is 10.2. The van der Waals surface area contributed by atoms with Gasteiger partial charge in [0.25, 0.3) is 5.91 Å². The van der Waals surface area contributed by atoms with E-state index < -0.39 is 6.10 Å². The molecule has 1 amide bonds. The van der Waals surface area contributed by atoms with Gasteiger partial charge in [0.1, 0.15) is 11.9 Å². The summed E-state index contributed by atoms with van der Waals surface area (Å²) in [7, 11) is 0. The molecule has 1 aromatic heterocycles. The van der Waals surface area contributed by atoms with Crippen LogP contribution in [0.15, 0.2) is 48.7 Å². The van der Waals surface area contributed by atoms with Crippen molar-refractivity contribution in [1.29, 1.82) is 0 Å². The quantitative estimate of drug-likeness (QED) is 0.908. The van der Waals surface area contributed by atoms with Crippen LogP contribution < -0.4 is 5.32 Å². The van der Waals surface area contributed by atoms with Crippen molar-refractivity contribution in [1.82, 2.24) is 4.98 Å². The fourth-order valence-corrected chi connectivity index (χ4v) is 1.65. The number of aryl methyl sites for hydroxylation is 1. The molecule has 104 valence electrons. The van der Waals surface area contributed by atoms with Gasteiger partial charge in [0.15, 0.2) is 0 Å². The fourth-order valence-electron chi connectivity index (χ4n) is 1.65. The molecule has 1 unspecified atom stereocenters. The molecule has 0 bridgehead atoms.